The molecular weight excluding hydrogens is 717 g/mol. The normalized spacial score (nSPS) is 16.9. The van der Waals surface area contributed by atoms with E-state index in [0.717, 1.165) is 49.2 Å². The molecule has 7 rings (SSSR count). The SMILES string of the molecule is O=C(O)C(F)(F)F.O=C(OCC(=O)N1CCCCC1)c1cc(C2=CN=C([C@@H]3CCc4nc(-c5cc(Cl)ccc5-n5cnnn5)cc(=O)n43)C2)cs1. The van der Waals surface area contributed by atoms with Gasteiger partial charge in [-0.2, -0.15) is 17.9 Å². The topological polar surface area (TPSA) is 175 Å². The van der Waals surface area contributed by atoms with Crippen LogP contribution in [0.1, 0.15) is 59.2 Å². The fourth-order valence-corrected chi connectivity index (χ4v) is 6.95. The zero-order valence-corrected chi connectivity index (χ0v) is 28.1. The van der Waals surface area contributed by atoms with Gasteiger partial charge in [-0.1, -0.05) is 11.6 Å². The van der Waals surface area contributed by atoms with Crippen LogP contribution in [0.25, 0.3) is 22.5 Å². The summed E-state index contributed by atoms with van der Waals surface area (Å²) in [7, 11) is 0. The van der Waals surface area contributed by atoms with E-state index in [9.17, 15) is 27.6 Å². The van der Waals surface area contributed by atoms with Crippen LogP contribution < -0.4 is 5.56 Å². The molecule has 0 spiro atoms. The molecule has 266 valence electrons. The Morgan fingerprint density at radius 3 is 2.57 bits per heavy atom. The third-order valence-corrected chi connectivity index (χ3v) is 9.55. The molecule has 0 aliphatic carbocycles. The number of carboxylic acids is 1. The Labute approximate surface area is 295 Å². The summed E-state index contributed by atoms with van der Waals surface area (Å²) in [6.45, 7) is 1.19. The quantitative estimate of drug-likeness (QED) is 0.260. The van der Waals surface area contributed by atoms with Crippen LogP contribution in [-0.2, 0) is 20.7 Å². The van der Waals surface area contributed by atoms with Crippen molar-refractivity contribution in [1.29, 1.82) is 0 Å². The summed E-state index contributed by atoms with van der Waals surface area (Å²) < 4.78 is 40.3. The number of aryl methyl sites for hydroxylation is 1. The Morgan fingerprint density at radius 2 is 1.86 bits per heavy atom. The first-order valence-corrected chi connectivity index (χ1v) is 16.9. The van der Waals surface area contributed by atoms with Crippen LogP contribution in [-0.4, -0.2) is 89.2 Å². The maximum absolute atomic E-state index is 13.5. The maximum Gasteiger partial charge on any atom is 0.490 e. The molecule has 0 unspecified atom stereocenters. The summed E-state index contributed by atoms with van der Waals surface area (Å²) in [5.41, 5.74) is 4.33. The van der Waals surface area contributed by atoms with Crippen LogP contribution in [0.4, 0.5) is 13.2 Å². The number of carbonyl (C=O) groups is 3. The lowest BCUT2D eigenvalue weighted by atomic mass is 10.0. The second-order valence-corrected chi connectivity index (χ2v) is 13.1. The predicted molar refractivity (Wildman–Crippen MR) is 178 cm³/mol. The Balaban J connectivity index is 0.000000582. The van der Waals surface area contributed by atoms with Crippen LogP contribution in [0.3, 0.4) is 0 Å². The molecule has 0 saturated carbocycles. The summed E-state index contributed by atoms with van der Waals surface area (Å²) in [6, 6.07) is 8.34. The van der Waals surface area contributed by atoms with E-state index in [1.807, 2.05) is 5.38 Å². The summed E-state index contributed by atoms with van der Waals surface area (Å²) in [5, 5.41) is 20.9. The largest absolute Gasteiger partial charge is 0.490 e. The number of amides is 1. The molecule has 1 fully saturated rings. The van der Waals surface area contributed by atoms with Crippen LogP contribution in [0.2, 0.25) is 5.02 Å². The number of aliphatic carboxylic acids is 1. The number of allylic oxidation sites excluding steroid dienone is 1. The van der Waals surface area contributed by atoms with Gasteiger partial charge in [0.25, 0.3) is 11.5 Å². The van der Waals surface area contributed by atoms with Gasteiger partial charge in [-0.15, -0.1) is 16.4 Å². The molecule has 3 aromatic heterocycles. The standard InChI is InChI=1S/C30H27ClN8O4S.C2HF3O2/c31-20-4-5-24(38-17-33-35-36-38)21(12-20)22-13-28(40)39-25(6-7-27(39)34-22)23-10-18(14-32-23)19-11-26(44-16-19)30(42)43-15-29(41)37-8-2-1-3-9-37;3-2(4,5)1(6)7/h4-5,11-14,16-17,25H,1-3,6-10,15H2;(H,6,7)/t25-;/m0./s1. The molecule has 1 aromatic carbocycles. The number of likely N-dealkylation sites (tertiary alicyclic amines) is 1. The zero-order chi connectivity index (χ0) is 36.3. The third-order valence-electron chi connectivity index (χ3n) is 8.40. The number of fused-ring (bicyclic) bond motifs is 1. The number of carbonyl (C=O) groups excluding carboxylic acids is 2. The van der Waals surface area contributed by atoms with Crippen LogP contribution in [0.15, 0.2) is 58.0 Å². The Kier molecular flexibility index (Phi) is 10.4. The number of hydrogen-bond acceptors (Lipinski definition) is 11. The Hall–Kier alpha value is -5.23. The van der Waals surface area contributed by atoms with Crippen molar-refractivity contribution in [1.82, 2.24) is 34.7 Å². The minimum Gasteiger partial charge on any atom is -0.475 e. The highest BCUT2D eigenvalue weighted by molar-refractivity contribution is 7.12. The minimum absolute atomic E-state index is 0.152. The lowest BCUT2D eigenvalue weighted by Crippen LogP contribution is -2.38. The molecule has 3 aliphatic rings. The zero-order valence-electron chi connectivity index (χ0n) is 26.5. The van der Waals surface area contributed by atoms with Crippen molar-refractivity contribution in [3.8, 4) is 16.9 Å². The Morgan fingerprint density at radius 1 is 1.10 bits per heavy atom. The first kappa shape index (κ1) is 35.6. The average Bonchev–Trinajstić information content (AvgIpc) is 3.94. The fourth-order valence-electron chi connectivity index (χ4n) is 5.95. The number of tetrazole rings is 1. The van der Waals surface area contributed by atoms with E-state index in [4.69, 9.17) is 31.2 Å². The van der Waals surface area contributed by atoms with Crippen LogP contribution in [0.5, 0.6) is 0 Å². The van der Waals surface area contributed by atoms with E-state index in [2.05, 4.69) is 20.5 Å². The maximum atomic E-state index is 13.5. The summed E-state index contributed by atoms with van der Waals surface area (Å²) >= 11 is 7.58. The third kappa shape index (κ3) is 8.06. The lowest BCUT2D eigenvalue weighted by molar-refractivity contribution is -0.192. The van der Waals surface area contributed by atoms with E-state index >= 15 is 0 Å². The molecule has 1 atom stereocenters. The second-order valence-electron chi connectivity index (χ2n) is 11.7. The molecule has 1 saturated heterocycles. The van der Waals surface area contributed by atoms with Gasteiger partial charge in [-0.05, 0) is 76.9 Å². The van der Waals surface area contributed by atoms with E-state index in [1.54, 1.807) is 39.9 Å². The summed E-state index contributed by atoms with van der Waals surface area (Å²) in [5.74, 6) is -2.74. The molecule has 3 aliphatic heterocycles. The molecule has 0 bridgehead atoms. The number of aliphatic imine (C=N–C) groups is 1. The van der Waals surface area contributed by atoms with Crippen molar-refractivity contribution in [3.05, 3.63) is 79.9 Å². The molecule has 0 radical (unpaired) electrons. The second kappa shape index (κ2) is 14.9. The molecule has 19 heteroatoms. The molecule has 14 nitrogen and oxygen atoms in total. The number of aromatic nitrogens is 6. The highest BCUT2D eigenvalue weighted by Crippen LogP contribution is 2.35. The van der Waals surface area contributed by atoms with Gasteiger partial charge in [-0.25, -0.2) is 14.6 Å². The number of alkyl halides is 3. The first-order chi connectivity index (χ1) is 24.4. The van der Waals surface area contributed by atoms with Gasteiger partial charge >= 0.3 is 18.1 Å². The molecule has 51 heavy (non-hydrogen) atoms. The highest BCUT2D eigenvalue weighted by atomic mass is 35.5. The smallest absolute Gasteiger partial charge is 0.475 e. The van der Waals surface area contributed by atoms with Gasteiger partial charge in [0.15, 0.2) is 6.61 Å². The van der Waals surface area contributed by atoms with Crippen molar-refractivity contribution < 1.29 is 37.4 Å². The number of carboxylic acid groups (broad SMARTS) is 1. The highest BCUT2D eigenvalue weighted by Gasteiger charge is 2.38. The molecule has 6 heterocycles. The molecule has 4 aromatic rings. The van der Waals surface area contributed by atoms with Crippen molar-refractivity contribution in [3.63, 3.8) is 0 Å². The minimum atomic E-state index is -5.08. The van der Waals surface area contributed by atoms with Crippen molar-refractivity contribution in [2.24, 2.45) is 4.99 Å². The molecule has 1 N–H and O–H groups in total. The van der Waals surface area contributed by atoms with E-state index in [0.29, 0.717) is 51.9 Å². The summed E-state index contributed by atoms with van der Waals surface area (Å²) in [6.07, 6.45) is 3.15. The molecule has 1 amide bonds. The first-order valence-electron chi connectivity index (χ1n) is 15.6. The number of ether oxygens (including phenoxy) is 1. The van der Waals surface area contributed by atoms with Gasteiger partial charge in [0, 0.05) is 54.5 Å². The van der Waals surface area contributed by atoms with Gasteiger partial charge in [-0.3, -0.25) is 19.1 Å². The van der Waals surface area contributed by atoms with Gasteiger partial charge < -0.3 is 14.7 Å². The number of benzene rings is 1. The summed E-state index contributed by atoms with van der Waals surface area (Å²) in [4.78, 5) is 59.1. The van der Waals surface area contributed by atoms with Crippen molar-refractivity contribution >= 4 is 52.1 Å². The van der Waals surface area contributed by atoms with Crippen molar-refractivity contribution in [2.45, 2.75) is 50.7 Å². The van der Waals surface area contributed by atoms with Gasteiger partial charge in [0.1, 0.15) is 17.0 Å². The Bertz CT molecular complexity index is 2090. The average molecular weight is 745 g/mol. The van der Waals surface area contributed by atoms with Crippen LogP contribution >= 0.6 is 22.9 Å². The number of halogens is 4. The van der Waals surface area contributed by atoms with Gasteiger partial charge in [0.2, 0.25) is 0 Å². The van der Waals surface area contributed by atoms with E-state index in [-0.39, 0.29) is 24.1 Å². The number of hydrogen-bond donors (Lipinski definition) is 1. The monoisotopic (exact) mass is 744 g/mol. The number of esters is 1. The number of thiophene rings is 1. The predicted octanol–water partition coefficient (Wildman–Crippen LogP) is 4.78. The van der Waals surface area contributed by atoms with E-state index < -0.39 is 18.1 Å². The van der Waals surface area contributed by atoms with Gasteiger partial charge in [0.05, 0.1) is 17.4 Å². The number of piperidine rings is 1. The number of nitrogens with zero attached hydrogens (tertiary/aromatic N) is 8. The van der Waals surface area contributed by atoms with Crippen LogP contribution in [0, 0.1) is 0 Å². The number of rotatable bonds is 7. The van der Waals surface area contributed by atoms with Crippen molar-refractivity contribution in [2.75, 3.05) is 19.7 Å². The fraction of sp³-hybridized carbons (Fsp3) is 0.344. The molecular formula is C32H28ClF3N8O6S. The lowest BCUT2D eigenvalue weighted by Gasteiger charge is -2.26. The van der Waals surface area contributed by atoms with E-state index in [1.165, 1.54) is 28.4 Å².